The molecule has 0 atom stereocenters. The molecular weight excluding hydrogens is 476 g/mol. The Labute approximate surface area is 202 Å². The van der Waals surface area contributed by atoms with Gasteiger partial charge in [-0.3, -0.25) is 33.3 Å². The van der Waals surface area contributed by atoms with Crippen molar-refractivity contribution in [2.24, 2.45) is 19.2 Å². The van der Waals surface area contributed by atoms with Crippen LogP contribution in [-0.4, -0.2) is 33.4 Å². The van der Waals surface area contributed by atoms with Gasteiger partial charge in [-0.25, -0.2) is 9.78 Å². The lowest BCUT2D eigenvalue weighted by Gasteiger charge is -2.11. The first kappa shape index (κ1) is 22.1. The van der Waals surface area contributed by atoms with Crippen molar-refractivity contribution in [2.45, 2.75) is 11.4 Å². The Balaban J connectivity index is 1.84. The monoisotopic (exact) mass is 494 g/mol. The molecule has 0 aliphatic carbocycles. The Kier molecular flexibility index (Phi) is 5.60. The quantitative estimate of drug-likeness (QED) is 0.372. The minimum Gasteiger partial charge on any atom is -0.285 e. The lowest BCUT2D eigenvalue weighted by Crippen LogP contribution is -2.39. The van der Waals surface area contributed by atoms with E-state index in [1.807, 2.05) is 6.07 Å². The SMILES string of the molecule is Cn1nccc1-c1nc2c(c(=O)n(C)c(=O)n2Cc2ccc(SN)cn2)n1-c1ccc(Cl)cc1. The zero-order valence-corrected chi connectivity index (χ0v) is 19.8. The third kappa shape index (κ3) is 3.63. The summed E-state index contributed by atoms with van der Waals surface area (Å²) in [7, 11) is 3.23. The van der Waals surface area contributed by atoms with E-state index in [9.17, 15) is 9.59 Å². The number of fused-ring (bicyclic) bond motifs is 1. The van der Waals surface area contributed by atoms with E-state index in [1.165, 1.54) is 11.6 Å². The zero-order chi connectivity index (χ0) is 24.0. The van der Waals surface area contributed by atoms with Gasteiger partial charge in [0, 0.05) is 42.1 Å². The van der Waals surface area contributed by atoms with Crippen molar-refractivity contribution in [1.29, 1.82) is 0 Å². The first-order chi connectivity index (χ1) is 16.4. The van der Waals surface area contributed by atoms with E-state index in [-0.39, 0.29) is 17.7 Å². The maximum absolute atomic E-state index is 13.4. The van der Waals surface area contributed by atoms with Gasteiger partial charge >= 0.3 is 5.69 Å². The second kappa shape index (κ2) is 8.60. The summed E-state index contributed by atoms with van der Waals surface area (Å²) >= 11 is 7.19. The lowest BCUT2D eigenvalue weighted by molar-refractivity contribution is 0.659. The van der Waals surface area contributed by atoms with E-state index in [0.717, 1.165) is 21.4 Å². The highest BCUT2D eigenvalue weighted by Crippen LogP contribution is 2.27. The second-order valence-electron chi connectivity index (χ2n) is 7.60. The molecule has 4 heterocycles. The van der Waals surface area contributed by atoms with Gasteiger partial charge in [0.2, 0.25) is 0 Å². The molecule has 1 aromatic carbocycles. The number of rotatable bonds is 5. The Morgan fingerprint density at radius 3 is 2.44 bits per heavy atom. The van der Waals surface area contributed by atoms with Crippen molar-refractivity contribution in [1.82, 2.24) is 33.4 Å². The van der Waals surface area contributed by atoms with E-state index < -0.39 is 11.2 Å². The minimum atomic E-state index is -0.492. The van der Waals surface area contributed by atoms with E-state index in [0.29, 0.717) is 27.9 Å². The van der Waals surface area contributed by atoms with E-state index >= 15 is 0 Å². The van der Waals surface area contributed by atoms with Crippen LogP contribution in [0.1, 0.15) is 5.69 Å². The molecule has 0 fully saturated rings. The smallest absolute Gasteiger partial charge is 0.285 e. The van der Waals surface area contributed by atoms with Crippen molar-refractivity contribution in [3.8, 4) is 17.2 Å². The van der Waals surface area contributed by atoms with Crippen molar-refractivity contribution < 1.29 is 0 Å². The molecule has 0 saturated carbocycles. The number of nitrogens with zero attached hydrogens (tertiary/aromatic N) is 7. The summed E-state index contributed by atoms with van der Waals surface area (Å²) < 4.78 is 5.90. The number of imidazole rings is 1. The minimum absolute atomic E-state index is 0.126. The molecule has 172 valence electrons. The van der Waals surface area contributed by atoms with Crippen LogP contribution in [0, 0.1) is 0 Å². The van der Waals surface area contributed by atoms with Crippen LogP contribution in [0.4, 0.5) is 0 Å². The predicted octanol–water partition coefficient (Wildman–Crippen LogP) is 2.35. The van der Waals surface area contributed by atoms with Gasteiger partial charge in [-0.2, -0.15) is 5.10 Å². The summed E-state index contributed by atoms with van der Waals surface area (Å²) in [4.78, 5) is 36.5. The molecular formula is C22H19ClN8O2S. The number of pyridine rings is 1. The largest absolute Gasteiger partial charge is 0.332 e. The molecule has 5 rings (SSSR count). The van der Waals surface area contributed by atoms with Crippen LogP contribution in [0.5, 0.6) is 0 Å². The number of nitrogens with two attached hydrogens (primary N) is 1. The average molecular weight is 495 g/mol. The molecule has 0 unspecified atom stereocenters. The van der Waals surface area contributed by atoms with Gasteiger partial charge in [0.1, 0.15) is 5.69 Å². The van der Waals surface area contributed by atoms with Crippen LogP contribution >= 0.6 is 23.5 Å². The fraction of sp³-hybridized carbons (Fsp3) is 0.136. The Bertz CT molecular complexity index is 1630. The number of hydrogen-bond acceptors (Lipinski definition) is 7. The number of hydrogen-bond donors (Lipinski definition) is 1. The maximum atomic E-state index is 13.4. The second-order valence-corrected chi connectivity index (χ2v) is 8.74. The van der Waals surface area contributed by atoms with Crippen LogP contribution in [0.2, 0.25) is 5.02 Å². The van der Waals surface area contributed by atoms with Gasteiger partial charge in [0.25, 0.3) is 5.56 Å². The summed E-state index contributed by atoms with van der Waals surface area (Å²) in [6.07, 6.45) is 3.28. The van der Waals surface area contributed by atoms with Gasteiger partial charge < -0.3 is 0 Å². The van der Waals surface area contributed by atoms with Crippen LogP contribution < -0.4 is 16.4 Å². The molecule has 0 saturated heterocycles. The highest BCUT2D eigenvalue weighted by atomic mass is 35.5. The van der Waals surface area contributed by atoms with Gasteiger partial charge in [0.15, 0.2) is 17.0 Å². The van der Waals surface area contributed by atoms with Crippen molar-refractivity contribution in [2.75, 3.05) is 0 Å². The third-order valence-electron chi connectivity index (χ3n) is 5.53. The number of benzene rings is 1. The zero-order valence-electron chi connectivity index (χ0n) is 18.2. The maximum Gasteiger partial charge on any atom is 0.332 e. The fourth-order valence-electron chi connectivity index (χ4n) is 3.79. The van der Waals surface area contributed by atoms with E-state index in [1.54, 1.807) is 65.1 Å². The average Bonchev–Trinajstić information content (AvgIpc) is 3.45. The van der Waals surface area contributed by atoms with Crippen molar-refractivity contribution >= 4 is 34.7 Å². The molecule has 34 heavy (non-hydrogen) atoms. The number of aryl methyl sites for hydroxylation is 1. The van der Waals surface area contributed by atoms with Crippen LogP contribution in [0.25, 0.3) is 28.4 Å². The van der Waals surface area contributed by atoms with Gasteiger partial charge in [-0.05, 0) is 54.4 Å². The molecule has 0 amide bonds. The molecule has 0 aliphatic heterocycles. The summed E-state index contributed by atoms with van der Waals surface area (Å²) in [5.74, 6) is 0.469. The normalized spacial score (nSPS) is 11.4. The number of halogens is 1. The van der Waals surface area contributed by atoms with Crippen LogP contribution in [-0.2, 0) is 20.6 Å². The first-order valence-electron chi connectivity index (χ1n) is 10.2. The highest BCUT2D eigenvalue weighted by Gasteiger charge is 2.24. The van der Waals surface area contributed by atoms with Crippen LogP contribution in [0.3, 0.4) is 0 Å². The molecule has 0 aliphatic rings. The molecule has 0 bridgehead atoms. The molecule has 4 aromatic heterocycles. The summed E-state index contributed by atoms with van der Waals surface area (Å²) in [5.41, 5.74) is 1.53. The molecule has 12 heteroatoms. The van der Waals surface area contributed by atoms with Gasteiger partial charge in [-0.15, -0.1) is 0 Å². The van der Waals surface area contributed by atoms with E-state index in [2.05, 4.69) is 10.1 Å². The summed E-state index contributed by atoms with van der Waals surface area (Å²) in [6, 6.07) is 12.5. The Hall–Kier alpha value is -3.67. The highest BCUT2D eigenvalue weighted by molar-refractivity contribution is 7.97. The van der Waals surface area contributed by atoms with E-state index in [4.69, 9.17) is 21.7 Å². The summed E-state index contributed by atoms with van der Waals surface area (Å²) in [6.45, 7) is 0.126. The number of aromatic nitrogens is 7. The molecule has 2 N–H and O–H groups in total. The molecule has 0 radical (unpaired) electrons. The van der Waals surface area contributed by atoms with Crippen molar-refractivity contribution in [3.05, 3.63) is 86.4 Å². The Morgan fingerprint density at radius 2 is 1.82 bits per heavy atom. The lowest BCUT2D eigenvalue weighted by atomic mass is 10.3. The first-order valence-corrected chi connectivity index (χ1v) is 11.4. The van der Waals surface area contributed by atoms with Gasteiger partial charge in [-0.1, -0.05) is 11.6 Å². The Morgan fingerprint density at radius 1 is 1.06 bits per heavy atom. The topological polar surface area (TPSA) is 119 Å². The standard InChI is InChI=1S/C22H19ClN8O2S/c1-28-21(32)18-20(30(22(28)33)12-14-5-8-16(34-24)11-25-14)27-19(17-9-10-26-29(17)2)31(18)15-6-3-13(23)4-7-15/h3-11H,12,24H2,1-2H3. The molecule has 0 spiro atoms. The fourth-order valence-corrected chi connectivity index (χ4v) is 4.18. The van der Waals surface area contributed by atoms with Crippen molar-refractivity contribution in [3.63, 3.8) is 0 Å². The predicted molar refractivity (Wildman–Crippen MR) is 131 cm³/mol. The molecule has 5 aromatic rings. The molecule has 10 nitrogen and oxygen atoms in total. The van der Waals surface area contributed by atoms with Crippen LogP contribution in [0.15, 0.2) is 69.3 Å². The van der Waals surface area contributed by atoms with Gasteiger partial charge in [0.05, 0.1) is 12.2 Å². The summed E-state index contributed by atoms with van der Waals surface area (Å²) in [5, 5.41) is 10.4. The third-order valence-corrected chi connectivity index (χ3v) is 6.29.